The van der Waals surface area contributed by atoms with E-state index >= 15 is 0 Å². The van der Waals surface area contributed by atoms with Gasteiger partial charge in [-0.3, -0.25) is 4.79 Å². The molecule has 2 unspecified atom stereocenters. The first-order valence-corrected chi connectivity index (χ1v) is 7.88. The van der Waals surface area contributed by atoms with Gasteiger partial charge in [0, 0.05) is 29.3 Å². The minimum absolute atomic E-state index is 0.0825. The van der Waals surface area contributed by atoms with Crippen LogP contribution in [0, 0.1) is 0 Å². The highest BCUT2D eigenvalue weighted by atomic mass is 79.9. The molecule has 1 saturated heterocycles. The van der Waals surface area contributed by atoms with Crippen LogP contribution in [-0.4, -0.2) is 32.1 Å². The number of nitrogens with one attached hydrogen (secondary N) is 2. The second kappa shape index (κ2) is 6.59. The molecule has 1 fully saturated rings. The van der Waals surface area contributed by atoms with Crippen molar-refractivity contribution >= 4 is 27.5 Å². The summed E-state index contributed by atoms with van der Waals surface area (Å²) in [5.41, 5.74) is 2.37. The van der Waals surface area contributed by atoms with Crippen LogP contribution < -0.4 is 15.5 Å². The molecule has 4 nitrogen and oxygen atoms in total. The summed E-state index contributed by atoms with van der Waals surface area (Å²) in [5, 5.41) is 6.23. The molecule has 0 radical (unpaired) electrons. The Morgan fingerprint density at radius 1 is 1.55 bits per heavy atom. The molecule has 0 saturated carbocycles. The maximum absolute atomic E-state index is 12.1. The Hall–Kier alpha value is -1.07. The van der Waals surface area contributed by atoms with E-state index in [9.17, 15) is 4.79 Å². The van der Waals surface area contributed by atoms with Crippen LogP contribution in [0.1, 0.15) is 31.9 Å². The van der Waals surface area contributed by atoms with E-state index in [0.717, 1.165) is 23.1 Å². The number of rotatable bonds is 4. The molecule has 110 valence electrons. The van der Waals surface area contributed by atoms with E-state index in [0.29, 0.717) is 6.54 Å². The van der Waals surface area contributed by atoms with Crippen molar-refractivity contribution in [3.8, 4) is 0 Å². The maximum atomic E-state index is 12.1. The Kier molecular flexibility index (Phi) is 5.05. The molecule has 0 bridgehead atoms. The van der Waals surface area contributed by atoms with E-state index < -0.39 is 0 Å². The lowest BCUT2D eigenvalue weighted by Crippen LogP contribution is -2.55. The summed E-state index contributed by atoms with van der Waals surface area (Å²) in [6, 6.07) is 6.46. The summed E-state index contributed by atoms with van der Waals surface area (Å²) in [4.78, 5) is 14.3. The van der Waals surface area contributed by atoms with E-state index in [4.69, 9.17) is 0 Å². The Labute approximate surface area is 129 Å². The molecular formula is C15H22BrN3O. The zero-order valence-electron chi connectivity index (χ0n) is 12.2. The third-order valence-corrected chi connectivity index (χ3v) is 4.41. The Morgan fingerprint density at radius 2 is 2.30 bits per heavy atom. The minimum atomic E-state index is -0.0825. The maximum Gasteiger partial charge on any atom is 0.242 e. The van der Waals surface area contributed by atoms with Crippen molar-refractivity contribution in [1.82, 2.24) is 10.6 Å². The fourth-order valence-electron chi connectivity index (χ4n) is 2.70. The van der Waals surface area contributed by atoms with Crippen molar-refractivity contribution in [2.45, 2.75) is 32.4 Å². The van der Waals surface area contributed by atoms with Crippen LogP contribution in [0.2, 0.25) is 0 Å². The summed E-state index contributed by atoms with van der Waals surface area (Å²) in [7, 11) is 1.96. The van der Waals surface area contributed by atoms with Crippen molar-refractivity contribution in [2.24, 2.45) is 0 Å². The molecule has 2 rings (SSSR count). The topological polar surface area (TPSA) is 44.4 Å². The van der Waals surface area contributed by atoms with E-state index in [-0.39, 0.29) is 18.0 Å². The van der Waals surface area contributed by atoms with Gasteiger partial charge in [-0.1, -0.05) is 28.9 Å². The Bertz CT molecular complexity index is 492. The van der Waals surface area contributed by atoms with Crippen LogP contribution in [0.15, 0.2) is 22.7 Å². The molecule has 2 atom stereocenters. The summed E-state index contributed by atoms with van der Waals surface area (Å²) >= 11 is 3.54. The average molecular weight is 340 g/mol. The fourth-order valence-corrected chi connectivity index (χ4v) is 3.05. The van der Waals surface area contributed by atoms with Crippen molar-refractivity contribution in [2.75, 3.05) is 25.0 Å². The first-order valence-electron chi connectivity index (χ1n) is 7.09. The number of benzene rings is 1. The molecule has 0 aliphatic carbocycles. The second-order valence-electron chi connectivity index (χ2n) is 5.12. The summed E-state index contributed by atoms with van der Waals surface area (Å²) in [5.74, 6) is 0.127. The SMILES string of the molecule is CCC1C(=O)NCCN1c1cc(Br)ccc1C(C)NC. The molecule has 1 aromatic carbocycles. The standard InChI is InChI=1S/C15H22BrN3O/c1-4-13-15(20)18-7-8-19(13)14-9-11(16)5-6-12(14)10(2)17-3/h5-6,9-10,13,17H,4,7-8H2,1-3H3,(H,18,20). The fraction of sp³-hybridized carbons (Fsp3) is 0.533. The van der Waals surface area contributed by atoms with Crippen LogP contribution in [0.25, 0.3) is 0 Å². The number of nitrogens with zero attached hydrogens (tertiary/aromatic N) is 1. The van der Waals surface area contributed by atoms with Crippen molar-refractivity contribution in [1.29, 1.82) is 0 Å². The molecule has 1 aliphatic rings. The van der Waals surface area contributed by atoms with Gasteiger partial charge in [-0.15, -0.1) is 0 Å². The van der Waals surface area contributed by atoms with E-state index in [1.54, 1.807) is 0 Å². The lowest BCUT2D eigenvalue weighted by molar-refractivity contribution is -0.123. The summed E-state index contributed by atoms with van der Waals surface area (Å²) in [6.07, 6.45) is 0.811. The predicted molar refractivity (Wildman–Crippen MR) is 86.1 cm³/mol. The molecule has 0 aromatic heterocycles. The number of hydrogen-bond acceptors (Lipinski definition) is 3. The molecule has 1 aromatic rings. The zero-order chi connectivity index (χ0) is 14.7. The van der Waals surface area contributed by atoms with Gasteiger partial charge in [0.25, 0.3) is 0 Å². The molecule has 0 spiro atoms. The van der Waals surface area contributed by atoms with Gasteiger partial charge in [-0.25, -0.2) is 0 Å². The normalized spacial score (nSPS) is 20.7. The quantitative estimate of drug-likeness (QED) is 0.885. The highest BCUT2D eigenvalue weighted by Crippen LogP contribution is 2.32. The van der Waals surface area contributed by atoms with Crippen molar-refractivity contribution < 1.29 is 4.79 Å². The van der Waals surface area contributed by atoms with E-state index in [1.807, 2.05) is 7.05 Å². The third kappa shape index (κ3) is 2.99. The van der Waals surface area contributed by atoms with Crippen LogP contribution in [0.4, 0.5) is 5.69 Å². The van der Waals surface area contributed by atoms with Gasteiger partial charge >= 0.3 is 0 Å². The van der Waals surface area contributed by atoms with Gasteiger partial charge in [0.2, 0.25) is 5.91 Å². The number of carbonyl (C=O) groups is 1. The van der Waals surface area contributed by atoms with Crippen LogP contribution in [0.3, 0.4) is 0 Å². The van der Waals surface area contributed by atoms with Crippen molar-refractivity contribution in [3.05, 3.63) is 28.2 Å². The van der Waals surface area contributed by atoms with Crippen LogP contribution in [-0.2, 0) is 4.79 Å². The van der Waals surface area contributed by atoms with Crippen molar-refractivity contribution in [3.63, 3.8) is 0 Å². The lowest BCUT2D eigenvalue weighted by Gasteiger charge is -2.38. The lowest BCUT2D eigenvalue weighted by atomic mass is 10.0. The number of hydrogen-bond donors (Lipinski definition) is 2. The first kappa shape index (κ1) is 15.3. The van der Waals surface area contributed by atoms with E-state index in [2.05, 4.69) is 63.5 Å². The van der Waals surface area contributed by atoms with Gasteiger partial charge in [-0.05, 0) is 38.1 Å². The number of anilines is 1. The van der Waals surface area contributed by atoms with Gasteiger partial charge in [0.05, 0.1) is 0 Å². The number of carbonyl (C=O) groups excluding carboxylic acids is 1. The van der Waals surface area contributed by atoms with Gasteiger partial charge in [0.1, 0.15) is 6.04 Å². The molecule has 1 amide bonds. The highest BCUT2D eigenvalue weighted by Gasteiger charge is 2.30. The number of halogens is 1. The molecule has 5 heteroatoms. The van der Waals surface area contributed by atoms with Crippen LogP contribution in [0.5, 0.6) is 0 Å². The zero-order valence-corrected chi connectivity index (χ0v) is 13.8. The largest absolute Gasteiger partial charge is 0.357 e. The Balaban J connectivity index is 2.43. The minimum Gasteiger partial charge on any atom is -0.357 e. The predicted octanol–water partition coefficient (Wildman–Crippen LogP) is 2.44. The van der Waals surface area contributed by atoms with E-state index in [1.165, 1.54) is 5.56 Å². The molecule has 1 aliphatic heterocycles. The number of amides is 1. The number of piperazine rings is 1. The smallest absolute Gasteiger partial charge is 0.242 e. The Morgan fingerprint density at radius 3 is 2.95 bits per heavy atom. The van der Waals surface area contributed by atoms with Gasteiger partial charge in [-0.2, -0.15) is 0 Å². The summed E-state index contributed by atoms with van der Waals surface area (Å²) < 4.78 is 1.04. The molecule has 20 heavy (non-hydrogen) atoms. The molecule has 1 heterocycles. The molecular weight excluding hydrogens is 318 g/mol. The second-order valence-corrected chi connectivity index (χ2v) is 6.04. The summed E-state index contributed by atoms with van der Waals surface area (Å²) in [6.45, 7) is 5.75. The third-order valence-electron chi connectivity index (χ3n) is 3.92. The average Bonchev–Trinajstić information content (AvgIpc) is 2.46. The monoisotopic (exact) mass is 339 g/mol. The first-order chi connectivity index (χ1) is 9.58. The molecule has 2 N–H and O–H groups in total. The van der Waals surface area contributed by atoms with Crippen LogP contribution >= 0.6 is 15.9 Å². The van der Waals surface area contributed by atoms with Gasteiger partial charge < -0.3 is 15.5 Å². The highest BCUT2D eigenvalue weighted by molar-refractivity contribution is 9.10. The van der Waals surface area contributed by atoms with Gasteiger partial charge in [0.15, 0.2) is 0 Å².